The van der Waals surface area contributed by atoms with Crippen LogP contribution in [0.3, 0.4) is 0 Å². The molecule has 7 nitrogen and oxygen atoms in total. The number of sulfonamides is 1. The van der Waals surface area contributed by atoms with Gasteiger partial charge in [-0.3, -0.25) is 0 Å². The number of aromatic nitrogens is 1. The number of nitrogens with one attached hydrogen (secondary N) is 2. The molecule has 1 atom stereocenters. The third kappa shape index (κ3) is 3.68. The van der Waals surface area contributed by atoms with E-state index >= 15 is 0 Å². The van der Waals surface area contributed by atoms with E-state index in [1.807, 2.05) is 0 Å². The molecule has 1 aliphatic rings. The van der Waals surface area contributed by atoms with Crippen LogP contribution in [-0.4, -0.2) is 46.4 Å². The molecule has 0 aliphatic carbocycles. The zero-order valence-corrected chi connectivity index (χ0v) is 12.7. The van der Waals surface area contributed by atoms with E-state index in [9.17, 15) is 16.8 Å². The molecule has 2 N–H and O–H groups in total. The summed E-state index contributed by atoms with van der Waals surface area (Å²) in [7, 11) is -5.21. The number of pyridine rings is 1. The van der Waals surface area contributed by atoms with Crippen molar-refractivity contribution in [3.8, 4) is 0 Å². The fourth-order valence-corrected chi connectivity index (χ4v) is 5.05. The SMILES string of the molecule is CNc1ccc(S(=O)(=O)NC2CCCS(=O)(=O)C2)cn1. The number of hydrogen-bond donors (Lipinski definition) is 2. The average Bonchev–Trinajstić information content (AvgIpc) is 2.37. The number of sulfone groups is 1. The van der Waals surface area contributed by atoms with Crippen LogP contribution in [0, 0.1) is 0 Å². The van der Waals surface area contributed by atoms with Gasteiger partial charge in [0, 0.05) is 19.3 Å². The number of hydrogen-bond acceptors (Lipinski definition) is 6. The largest absolute Gasteiger partial charge is 0.373 e. The van der Waals surface area contributed by atoms with Crippen LogP contribution in [0.15, 0.2) is 23.2 Å². The zero-order chi connectivity index (χ0) is 14.8. The Kier molecular flexibility index (Phi) is 4.31. The van der Waals surface area contributed by atoms with Gasteiger partial charge in [-0.1, -0.05) is 0 Å². The van der Waals surface area contributed by atoms with Gasteiger partial charge >= 0.3 is 0 Å². The van der Waals surface area contributed by atoms with E-state index in [1.54, 1.807) is 13.1 Å². The van der Waals surface area contributed by atoms with Crippen molar-refractivity contribution >= 4 is 25.7 Å². The molecule has 0 amide bonds. The minimum Gasteiger partial charge on any atom is -0.373 e. The standard InChI is InChI=1S/C11H17N3O4S2/c1-12-11-5-4-10(7-13-11)20(17,18)14-9-3-2-6-19(15,16)8-9/h4-5,7,9,14H,2-3,6,8H2,1H3,(H,12,13). The molecule has 2 rings (SSSR count). The van der Waals surface area contributed by atoms with Gasteiger partial charge in [-0.2, -0.15) is 0 Å². The smallest absolute Gasteiger partial charge is 0.242 e. The van der Waals surface area contributed by atoms with Crippen LogP contribution in [0.1, 0.15) is 12.8 Å². The molecule has 0 aromatic carbocycles. The van der Waals surface area contributed by atoms with Crippen molar-refractivity contribution in [2.45, 2.75) is 23.8 Å². The minimum atomic E-state index is -3.74. The minimum absolute atomic E-state index is 0.0273. The third-order valence-corrected chi connectivity index (χ3v) is 6.41. The van der Waals surface area contributed by atoms with Crippen LogP contribution >= 0.6 is 0 Å². The molecule has 1 fully saturated rings. The van der Waals surface area contributed by atoms with Crippen LogP contribution in [0.2, 0.25) is 0 Å². The first kappa shape index (κ1) is 15.2. The molecule has 1 saturated heterocycles. The molecule has 1 unspecified atom stereocenters. The predicted molar refractivity (Wildman–Crippen MR) is 75.8 cm³/mol. The topological polar surface area (TPSA) is 105 Å². The van der Waals surface area contributed by atoms with Crippen LogP contribution in [0.5, 0.6) is 0 Å². The molecule has 20 heavy (non-hydrogen) atoms. The lowest BCUT2D eigenvalue weighted by Crippen LogP contribution is -2.43. The fraction of sp³-hybridized carbons (Fsp3) is 0.545. The lowest BCUT2D eigenvalue weighted by molar-refractivity contribution is 0.517. The summed E-state index contributed by atoms with van der Waals surface area (Å²) in [5.74, 6) is 0.543. The molecule has 0 bridgehead atoms. The van der Waals surface area contributed by atoms with E-state index in [0.717, 1.165) is 0 Å². The zero-order valence-electron chi connectivity index (χ0n) is 11.0. The predicted octanol–water partition coefficient (Wildman–Crippen LogP) is -0.0212. The number of anilines is 1. The molecule has 1 aliphatic heterocycles. The van der Waals surface area contributed by atoms with Crippen molar-refractivity contribution in [2.24, 2.45) is 0 Å². The monoisotopic (exact) mass is 319 g/mol. The van der Waals surface area contributed by atoms with Gasteiger partial charge in [-0.05, 0) is 25.0 Å². The Bertz CT molecular complexity index is 668. The first-order valence-corrected chi connectivity index (χ1v) is 9.49. The van der Waals surface area contributed by atoms with Crippen LogP contribution in [0.4, 0.5) is 5.82 Å². The van der Waals surface area contributed by atoms with Gasteiger partial charge in [0.1, 0.15) is 10.7 Å². The van der Waals surface area contributed by atoms with Crippen molar-refractivity contribution in [1.29, 1.82) is 0 Å². The highest BCUT2D eigenvalue weighted by atomic mass is 32.2. The van der Waals surface area contributed by atoms with E-state index in [-0.39, 0.29) is 16.4 Å². The average molecular weight is 319 g/mol. The summed E-state index contributed by atoms with van der Waals surface area (Å²) in [5, 5.41) is 2.79. The van der Waals surface area contributed by atoms with E-state index in [4.69, 9.17) is 0 Å². The second kappa shape index (κ2) is 5.66. The maximum absolute atomic E-state index is 12.1. The van der Waals surface area contributed by atoms with E-state index in [1.165, 1.54) is 12.3 Å². The lowest BCUT2D eigenvalue weighted by atomic mass is 10.2. The molecule has 2 heterocycles. The second-order valence-corrected chi connectivity index (χ2v) is 8.65. The van der Waals surface area contributed by atoms with Crippen LogP contribution < -0.4 is 10.0 Å². The first-order valence-electron chi connectivity index (χ1n) is 6.19. The van der Waals surface area contributed by atoms with Gasteiger partial charge in [-0.25, -0.2) is 26.5 Å². The van der Waals surface area contributed by atoms with E-state index in [2.05, 4.69) is 15.0 Å². The molecular formula is C11H17N3O4S2. The number of nitrogens with zero attached hydrogens (tertiary/aromatic N) is 1. The quantitative estimate of drug-likeness (QED) is 0.808. The van der Waals surface area contributed by atoms with Gasteiger partial charge in [0.2, 0.25) is 10.0 Å². The molecule has 0 saturated carbocycles. The molecule has 112 valence electrons. The summed E-state index contributed by atoms with van der Waals surface area (Å²) >= 11 is 0. The Hall–Kier alpha value is -1.19. The highest BCUT2D eigenvalue weighted by molar-refractivity contribution is 7.91. The molecule has 1 aromatic rings. The van der Waals surface area contributed by atoms with Crippen molar-refractivity contribution in [3.05, 3.63) is 18.3 Å². The Balaban J connectivity index is 2.14. The molecule has 1 aromatic heterocycles. The summed E-state index contributed by atoms with van der Waals surface area (Å²) < 4.78 is 49.7. The van der Waals surface area contributed by atoms with Crippen molar-refractivity contribution in [2.75, 3.05) is 23.9 Å². The summed E-state index contributed by atoms with van der Waals surface area (Å²) in [4.78, 5) is 3.96. The maximum Gasteiger partial charge on any atom is 0.242 e. The highest BCUT2D eigenvalue weighted by Gasteiger charge is 2.28. The van der Waals surface area contributed by atoms with Gasteiger partial charge in [-0.15, -0.1) is 0 Å². The van der Waals surface area contributed by atoms with Crippen molar-refractivity contribution < 1.29 is 16.8 Å². The highest BCUT2D eigenvalue weighted by Crippen LogP contribution is 2.16. The summed E-state index contributed by atoms with van der Waals surface area (Å²) in [6.45, 7) is 0. The normalized spacial score (nSPS) is 22.4. The Labute approximate surface area is 118 Å². The van der Waals surface area contributed by atoms with Gasteiger partial charge in [0.05, 0.1) is 11.5 Å². The summed E-state index contributed by atoms with van der Waals surface area (Å²) in [6, 6.07) is 2.41. The Morgan fingerprint density at radius 1 is 1.35 bits per heavy atom. The lowest BCUT2D eigenvalue weighted by Gasteiger charge is -2.22. The van der Waals surface area contributed by atoms with Gasteiger partial charge < -0.3 is 5.32 Å². The maximum atomic E-state index is 12.1. The summed E-state index contributed by atoms with van der Waals surface area (Å²) in [5.41, 5.74) is 0. The van der Waals surface area contributed by atoms with Crippen molar-refractivity contribution in [1.82, 2.24) is 9.71 Å². The van der Waals surface area contributed by atoms with Gasteiger partial charge in [0.15, 0.2) is 9.84 Å². The fourth-order valence-electron chi connectivity index (χ4n) is 2.09. The molecule has 0 radical (unpaired) electrons. The molecule has 9 heteroatoms. The third-order valence-electron chi connectivity index (χ3n) is 3.09. The number of rotatable bonds is 4. The first-order chi connectivity index (χ1) is 9.32. The van der Waals surface area contributed by atoms with Crippen LogP contribution in [-0.2, 0) is 19.9 Å². The summed E-state index contributed by atoms with van der Waals surface area (Å²) in [6.07, 6.45) is 2.25. The van der Waals surface area contributed by atoms with E-state index in [0.29, 0.717) is 18.7 Å². The Morgan fingerprint density at radius 2 is 2.10 bits per heavy atom. The Morgan fingerprint density at radius 3 is 2.65 bits per heavy atom. The second-order valence-electron chi connectivity index (χ2n) is 4.70. The molecule has 0 spiro atoms. The van der Waals surface area contributed by atoms with Crippen molar-refractivity contribution in [3.63, 3.8) is 0 Å². The van der Waals surface area contributed by atoms with E-state index < -0.39 is 25.9 Å². The molecular weight excluding hydrogens is 302 g/mol. The van der Waals surface area contributed by atoms with Crippen LogP contribution in [0.25, 0.3) is 0 Å². The van der Waals surface area contributed by atoms with Gasteiger partial charge in [0.25, 0.3) is 0 Å².